The molecule has 1 aromatic carbocycles. The van der Waals surface area contributed by atoms with Gasteiger partial charge in [0.05, 0.1) is 24.1 Å². The normalized spacial score (nSPS) is 14.2. The van der Waals surface area contributed by atoms with Crippen molar-refractivity contribution in [3.63, 3.8) is 0 Å². The smallest absolute Gasteiger partial charge is 0.261 e. The van der Waals surface area contributed by atoms with Crippen LogP contribution in [-0.4, -0.2) is 21.4 Å². The van der Waals surface area contributed by atoms with E-state index in [2.05, 4.69) is 21.3 Å². The van der Waals surface area contributed by atoms with Gasteiger partial charge in [-0.2, -0.15) is 23.5 Å². The molecule has 4 nitrogen and oxygen atoms in total. The molecule has 0 amide bonds. The van der Waals surface area contributed by atoms with Crippen molar-refractivity contribution < 1.29 is 13.2 Å². The van der Waals surface area contributed by atoms with E-state index in [4.69, 9.17) is 0 Å². The summed E-state index contributed by atoms with van der Waals surface area (Å²) in [5.41, 5.74) is 1.75. The number of benzene rings is 1. The average molecular weight is 358 g/mol. The molecule has 0 aliphatic rings. The van der Waals surface area contributed by atoms with Crippen molar-refractivity contribution in [2.45, 2.75) is 38.3 Å². The second kappa shape index (κ2) is 6.45. The Morgan fingerprint density at radius 1 is 1.23 bits per heavy atom. The minimum atomic E-state index is -4.33. The number of aromatic nitrogens is 3. The van der Waals surface area contributed by atoms with Crippen molar-refractivity contribution in [3.8, 4) is 17.2 Å². The van der Waals surface area contributed by atoms with Gasteiger partial charge >= 0.3 is 6.18 Å². The number of nitriles is 1. The molecular weight excluding hydrogens is 341 g/mol. The average Bonchev–Trinajstić information content (AvgIpc) is 3.08. The van der Waals surface area contributed by atoms with Gasteiger partial charge in [-0.3, -0.25) is 5.10 Å². The molecule has 134 valence electrons. The monoisotopic (exact) mass is 358 g/mol. The lowest BCUT2D eigenvalue weighted by Gasteiger charge is -2.22. The largest absolute Gasteiger partial charge is 0.393 e. The van der Waals surface area contributed by atoms with E-state index < -0.39 is 18.0 Å². The Hall–Kier alpha value is -2.88. The van der Waals surface area contributed by atoms with E-state index in [-0.39, 0.29) is 5.56 Å². The van der Waals surface area contributed by atoms with Gasteiger partial charge in [-0.1, -0.05) is 19.1 Å². The van der Waals surface area contributed by atoms with E-state index in [1.54, 1.807) is 31.5 Å². The molecule has 0 bridgehead atoms. The van der Waals surface area contributed by atoms with Gasteiger partial charge in [0, 0.05) is 11.6 Å². The number of aromatic amines is 1. The zero-order valence-corrected chi connectivity index (χ0v) is 14.4. The molecule has 0 spiro atoms. The third kappa shape index (κ3) is 3.40. The second-order valence-corrected chi connectivity index (χ2v) is 6.50. The number of halogens is 3. The lowest BCUT2D eigenvalue weighted by molar-refractivity contribution is -0.127. The Bertz CT molecular complexity index is 984. The molecule has 1 atom stereocenters. The molecule has 1 unspecified atom stereocenters. The minimum absolute atomic E-state index is 0.133. The van der Waals surface area contributed by atoms with Crippen molar-refractivity contribution >= 4 is 11.0 Å². The third-order valence-electron chi connectivity index (χ3n) is 4.65. The van der Waals surface area contributed by atoms with Crippen molar-refractivity contribution in [2.75, 3.05) is 0 Å². The molecule has 0 radical (unpaired) electrons. The number of hydrogen-bond donors (Lipinski definition) is 1. The lowest BCUT2D eigenvalue weighted by Crippen LogP contribution is -2.19. The van der Waals surface area contributed by atoms with Gasteiger partial charge in [-0.25, -0.2) is 4.98 Å². The van der Waals surface area contributed by atoms with E-state index in [0.717, 1.165) is 10.9 Å². The first-order valence-electron chi connectivity index (χ1n) is 8.16. The zero-order valence-electron chi connectivity index (χ0n) is 14.4. The molecule has 0 fully saturated rings. The zero-order chi connectivity index (χ0) is 18.9. The number of hydrogen-bond acceptors (Lipinski definition) is 3. The van der Waals surface area contributed by atoms with Crippen LogP contribution in [-0.2, 0) is 11.8 Å². The molecule has 3 rings (SSSR count). The summed E-state index contributed by atoms with van der Waals surface area (Å²) in [5.74, 6) is 0. The van der Waals surface area contributed by atoms with Crippen LogP contribution in [0.2, 0.25) is 0 Å². The Morgan fingerprint density at radius 3 is 2.65 bits per heavy atom. The summed E-state index contributed by atoms with van der Waals surface area (Å²) in [6, 6.07) is 8.76. The first kappa shape index (κ1) is 17.9. The van der Waals surface area contributed by atoms with Gasteiger partial charge in [0.2, 0.25) is 0 Å². The first-order valence-corrected chi connectivity index (χ1v) is 8.16. The van der Waals surface area contributed by atoms with E-state index in [9.17, 15) is 18.4 Å². The van der Waals surface area contributed by atoms with Crippen LogP contribution in [0.4, 0.5) is 13.2 Å². The van der Waals surface area contributed by atoms with E-state index in [1.165, 1.54) is 12.1 Å². The second-order valence-electron chi connectivity index (χ2n) is 6.50. The Labute approximate surface area is 148 Å². The number of pyridine rings is 1. The van der Waals surface area contributed by atoms with Gasteiger partial charge < -0.3 is 0 Å². The van der Waals surface area contributed by atoms with Crippen LogP contribution in [0.3, 0.4) is 0 Å². The number of nitrogens with zero attached hydrogens (tertiary/aromatic N) is 3. The Kier molecular flexibility index (Phi) is 4.45. The van der Waals surface area contributed by atoms with E-state index in [0.29, 0.717) is 23.2 Å². The predicted octanol–water partition coefficient (Wildman–Crippen LogP) is 4.92. The highest BCUT2D eigenvalue weighted by Crippen LogP contribution is 2.35. The minimum Gasteiger partial charge on any atom is -0.261 e. The summed E-state index contributed by atoms with van der Waals surface area (Å²) in [5, 5.41) is 17.0. The number of nitrogens with one attached hydrogen (secondary N) is 1. The van der Waals surface area contributed by atoms with Crippen LogP contribution in [0.5, 0.6) is 0 Å². The standard InChI is InChI=1S/C19H17F3N4/c1-3-18(2,11-23)14-7-12(9-19(20,21)22)6-13(8-14)15-4-5-24-17-16(15)10-25-26-17/h4-8,10H,3,9H2,1-2H3,(H,24,25,26). The topological polar surface area (TPSA) is 65.4 Å². The predicted molar refractivity (Wildman–Crippen MR) is 92.3 cm³/mol. The highest BCUT2D eigenvalue weighted by Gasteiger charge is 2.30. The first-order chi connectivity index (χ1) is 12.3. The maximum Gasteiger partial charge on any atom is 0.393 e. The van der Waals surface area contributed by atoms with Crippen LogP contribution in [0.1, 0.15) is 31.4 Å². The summed E-state index contributed by atoms with van der Waals surface area (Å²) in [6.07, 6.45) is -1.70. The molecule has 7 heteroatoms. The van der Waals surface area contributed by atoms with Crippen LogP contribution >= 0.6 is 0 Å². The van der Waals surface area contributed by atoms with Crippen LogP contribution in [0.25, 0.3) is 22.2 Å². The highest BCUT2D eigenvalue weighted by molar-refractivity contribution is 5.92. The van der Waals surface area contributed by atoms with E-state index in [1.807, 2.05) is 6.92 Å². The van der Waals surface area contributed by atoms with E-state index >= 15 is 0 Å². The van der Waals surface area contributed by atoms with Crippen LogP contribution in [0, 0.1) is 11.3 Å². The van der Waals surface area contributed by atoms with Crippen molar-refractivity contribution in [3.05, 3.63) is 47.8 Å². The Morgan fingerprint density at radius 2 is 2.00 bits per heavy atom. The quantitative estimate of drug-likeness (QED) is 0.720. The highest BCUT2D eigenvalue weighted by atomic mass is 19.4. The maximum atomic E-state index is 13.0. The molecule has 0 aliphatic carbocycles. The fraction of sp³-hybridized carbons (Fsp3) is 0.316. The van der Waals surface area contributed by atoms with Gasteiger partial charge in [-0.15, -0.1) is 0 Å². The molecule has 3 aromatic rings. The summed E-state index contributed by atoms with van der Waals surface area (Å²) in [7, 11) is 0. The maximum absolute atomic E-state index is 13.0. The van der Waals surface area contributed by atoms with Crippen molar-refractivity contribution in [1.29, 1.82) is 5.26 Å². The fourth-order valence-electron chi connectivity index (χ4n) is 2.95. The summed E-state index contributed by atoms with van der Waals surface area (Å²) in [4.78, 5) is 4.16. The van der Waals surface area contributed by atoms with Crippen molar-refractivity contribution in [1.82, 2.24) is 15.2 Å². The summed E-state index contributed by atoms with van der Waals surface area (Å²) >= 11 is 0. The number of fused-ring (bicyclic) bond motifs is 1. The third-order valence-corrected chi connectivity index (χ3v) is 4.65. The van der Waals surface area contributed by atoms with Gasteiger partial charge in [-0.05, 0) is 47.7 Å². The molecule has 2 heterocycles. The number of rotatable bonds is 4. The van der Waals surface area contributed by atoms with Gasteiger partial charge in [0.25, 0.3) is 0 Å². The molecule has 0 aliphatic heterocycles. The Balaban J connectivity index is 2.23. The van der Waals surface area contributed by atoms with Gasteiger partial charge in [0.1, 0.15) is 0 Å². The van der Waals surface area contributed by atoms with Gasteiger partial charge in [0.15, 0.2) is 5.65 Å². The molecule has 0 saturated carbocycles. The molecule has 2 aromatic heterocycles. The number of alkyl halides is 3. The lowest BCUT2D eigenvalue weighted by atomic mass is 9.79. The number of H-pyrrole nitrogens is 1. The summed E-state index contributed by atoms with van der Waals surface area (Å²) in [6.45, 7) is 3.59. The van der Waals surface area contributed by atoms with Crippen LogP contribution in [0.15, 0.2) is 36.7 Å². The fourth-order valence-corrected chi connectivity index (χ4v) is 2.95. The van der Waals surface area contributed by atoms with Crippen molar-refractivity contribution in [2.24, 2.45) is 0 Å². The molecule has 26 heavy (non-hydrogen) atoms. The molecule has 1 N–H and O–H groups in total. The molecule has 0 saturated heterocycles. The SMILES string of the molecule is CCC(C)(C#N)c1cc(CC(F)(F)F)cc(-c2ccnc3[nH]ncc23)c1. The molecular formula is C19H17F3N4. The van der Waals surface area contributed by atoms with Crippen LogP contribution < -0.4 is 0 Å². The summed E-state index contributed by atoms with van der Waals surface area (Å²) < 4.78 is 38.9.